The molecule has 0 bridgehead atoms. The molecule has 0 fully saturated rings. The molecule has 0 spiro atoms. The first-order chi connectivity index (χ1) is 10.7. The number of nitrogens with one attached hydrogen (secondary N) is 2. The minimum atomic E-state index is -0.507. The number of hydrogen-bond acceptors (Lipinski definition) is 5. The molecule has 0 aliphatic heterocycles. The normalized spacial score (nSPS) is 12.7. The van der Waals surface area contributed by atoms with E-state index in [4.69, 9.17) is 14.4 Å². The molecular weight excluding hydrogens is 294 g/mol. The monoisotopic (exact) mass is 321 g/mol. The molecule has 128 valence electrons. The maximum atomic E-state index is 11.7. The Kier molecular flexibility index (Phi) is 7.11. The van der Waals surface area contributed by atoms with Gasteiger partial charge >= 0.3 is 6.09 Å². The van der Waals surface area contributed by atoms with Gasteiger partial charge in [0.1, 0.15) is 17.4 Å². The molecule has 2 N–H and O–H groups in total. The highest BCUT2D eigenvalue weighted by Crippen LogP contribution is 2.10. The molecule has 1 atom stereocenters. The Morgan fingerprint density at radius 3 is 2.61 bits per heavy atom. The van der Waals surface area contributed by atoms with Crippen LogP contribution in [0.25, 0.3) is 0 Å². The Morgan fingerprint density at radius 1 is 1.39 bits per heavy atom. The number of carbonyl (C=O) groups excluding carboxylic acids is 1. The number of nitriles is 1. The predicted octanol–water partition coefficient (Wildman–Crippen LogP) is 3.18. The van der Waals surface area contributed by atoms with E-state index in [0.29, 0.717) is 30.5 Å². The lowest BCUT2D eigenvalue weighted by molar-refractivity contribution is 0.0520. The molecule has 1 heterocycles. The van der Waals surface area contributed by atoms with Crippen LogP contribution in [0.4, 0.5) is 4.79 Å². The maximum Gasteiger partial charge on any atom is 0.407 e. The number of amides is 1. The molecule has 1 aromatic heterocycles. The van der Waals surface area contributed by atoms with E-state index in [1.807, 2.05) is 26.8 Å². The fraction of sp³-hybridized carbons (Fsp3) is 0.647. The second-order valence-corrected chi connectivity index (χ2v) is 6.97. The molecule has 0 aliphatic carbocycles. The second-order valence-electron chi connectivity index (χ2n) is 6.97. The zero-order valence-electron chi connectivity index (χ0n) is 14.6. The first kappa shape index (κ1) is 19.0. The molecule has 0 aromatic carbocycles. The van der Waals surface area contributed by atoms with E-state index in [9.17, 15) is 4.79 Å². The first-order valence-electron chi connectivity index (χ1n) is 7.88. The van der Waals surface area contributed by atoms with Gasteiger partial charge in [-0.1, -0.05) is 13.8 Å². The number of ether oxygens (including phenoxy) is 1. The van der Waals surface area contributed by atoms with Gasteiger partial charge in [-0.25, -0.2) is 4.79 Å². The SMILES string of the molecule is CC(C)CC(CNC(=O)OC(C)(C)C)NCc1ccc(C#N)o1. The molecule has 0 saturated carbocycles. The van der Waals surface area contributed by atoms with E-state index < -0.39 is 11.7 Å². The van der Waals surface area contributed by atoms with E-state index in [0.717, 1.165) is 6.42 Å². The van der Waals surface area contributed by atoms with Crippen LogP contribution in [0, 0.1) is 17.2 Å². The van der Waals surface area contributed by atoms with Crippen molar-refractivity contribution in [3.63, 3.8) is 0 Å². The average molecular weight is 321 g/mol. The van der Waals surface area contributed by atoms with Crippen LogP contribution in [0.15, 0.2) is 16.5 Å². The van der Waals surface area contributed by atoms with Crippen molar-refractivity contribution in [1.82, 2.24) is 10.6 Å². The molecule has 0 saturated heterocycles. The van der Waals surface area contributed by atoms with E-state index in [2.05, 4.69) is 24.5 Å². The van der Waals surface area contributed by atoms with E-state index in [1.54, 1.807) is 12.1 Å². The van der Waals surface area contributed by atoms with Gasteiger partial charge in [0.05, 0.1) is 6.54 Å². The largest absolute Gasteiger partial charge is 0.449 e. The lowest BCUT2D eigenvalue weighted by Crippen LogP contribution is -2.43. The minimum absolute atomic E-state index is 0.0955. The van der Waals surface area contributed by atoms with Crippen LogP contribution in [0.2, 0.25) is 0 Å². The summed E-state index contributed by atoms with van der Waals surface area (Å²) in [6, 6.07) is 5.48. The van der Waals surface area contributed by atoms with Crippen molar-refractivity contribution < 1.29 is 13.9 Å². The zero-order chi connectivity index (χ0) is 17.5. The number of furan rings is 1. The van der Waals surface area contributed by atoms with Gasteiger partial charge in [-0.15, -0.1) is 0 Å². The smallest absolute Gasteiger partial charge is 0.407 e. The van der Waals surface area contributed by atoms with Crippen molar-refractivity contribution in [2.45, 2.75) is 59.2 Å². The summed E-state index contributed by atoms with van der Waals surface area (Å²) in [7, 11) is 0. The van der Waals surface area contributed by atoms with E-state index in [-0.39, 0.29) is 6.04 Å². The fourth-order valence-corrected chi connectivity index (χ4v) is 2.11. The highest BCUT2D eigenvalue weighted by atomic mass is 16.6. The van der Waals surface area contributed by atoms with Crippen molar-refractivity contribution in [1.29, 1.82) is 5.26 Å². The van der Waals surface area contributed by atoms with Crippen molar-refractivity contribution >= 4 is 6.09 Å². The highest BCUT2D eigenvalue weighted by Gasteiger charge is 2.18. The number of carbonyl (C=O) groups is 1. The van der Waals surface area contributed by atoms with Crippen LogP contribution < -0.4 is 10.6 Å². The second kappa shape index (κ2) is 8.59. The Morgan fingerprint density at radius 2 is 2.09 bits per heavy atom. The molecule has 1 amide bonds. The number of rotatable bonds is 7. The summed E-state index contributed by atoms with van der Waals surface area (Å²) in [5.41, 5.74) is -0.507. The molecule has 1 aromatic rings. The third-order valence-corrected chi connectivity index (χ3v) is 2.98. The first-order valence-corrected chi connectivity index (χ1v) is 7.88. The van der Waals surface area contributed by atoms with Gasteiger partial charge in [0.15, 0.2) is 0 Å². The van der Waals surface area contributed by atoms with Gasteiger partial charge in [-0.2, -0.15) is 5.26 Å². The Labute approximate surface area is 138 Å². The number of nitrogens with zero attached hydrogens (tertiary/aromatic N) is 1. The third kappa shape index (κ3) is 8.27. The molecule has 0 radical (unpaired) electrons. The van der Waals surface area contributed by atoms with E-state index in [1.165, 1.54) is 0 Å². The van der Waals surface area contributed by atoms with Gasteiger partial charge in [-0.3, -0.25) is 0 Å². The average Bonchev–Trinajstić information content (AvgIpc) is 2.87. The van der Waals surface area contributed by atoms with Crippen molar-refractivity contribution in [3.05, 3.63) is 23.7 Å². The predicted molar refractivity (Wildman–Crippen MR) is 87.7 cm³/mol. The minimum Gasteiger partial charge on any atom is -0.449 e. The van der Waals surface area contributed by atoms with Crippen LogP contribution in [-0.2, 0) is 11.3 Å². The van der Waals surface area contributed by atoms with Gasteiger partial charge in [0, 0.05) is 12.6 Å². The van der Waals surface area contributed by atoms with Gasteiger partial charge in [-0.05, 0) is 45.2 Å². The Hall–Kier alpha value is -2.00. The Bertz CT molecular complexity index is 538. The zero-order valence-corrected chi connectivity index (χ0v) is 14.6. The molecule has 1 unspecified atom stereocenters. The molecular formula is C17H27N3O3. The highest BCUT2D eigenvalue weighted by molar-refractivity contribution is 5.67. The van der Waals surface area contributed by atoms with Crippen LogP contribution >= 0.6 is 0 Å². The topological polar surface area (TPSA) is 87.3 Å². The maximum absolute atomic E-state index is 11.7. The quantitative estimate of drug-likeness (QED) is 0.805. The molecule has 0 aliphatic rings. The van der Waals surface area contributed by atoms with Crippen LogP contribution in [-0.4, -0.2) is 24.3 Å². The molecule has 6 nitrogen and oxygen atoms in total. The molecule has 6 heteroatoms. The van der Waals surface area contributed by atoms with Crippen LogP contribution in [0.5, 0.6) is 0 Å². The van der Waals surface area contributed by atoms with Crippen molar-refractivity contribution in [3.8, 4) is 6.07 Å². The van der Waals surface area contributed by atoms with Gasteiger partial charge in [0.25, 0.3) is 0 Å². The van der Waals surface area contributed by atoms with Crippen LogP contribution in [0.1, 0.15) is 52.6 Å². The lowest BCUT2D eigenvalue weighted by atomic mass is 10.0. The number of alkyl carbamates (subject to hydrolysis) is 1. The molecule has 1 rings (SSSR count). The van der Waals surface area contributed by atoms with Gasteiger partial charge in [0.2, 0.25) is 5.76 Å². The van der Waals surface area contributed by atoms with Gasteiger partial charge < -0.3 is 19.8 Å². The summed E-state index contributed by atoms with van der Waals surface area (Å²) in [4.78, 5) is 11.7. The van der Waals surface area contributed by atoms with Crippen LogP contribution in [0.3, 0.4) is 0 Å². The summed E-state index contributed by atoms with van der Waals surface area (Å²) in [5, 5.41) is 14.9. The standard InChI is InChI=1S/C17H27N3O3/c1-12(2)8-13(10-20-16(21)23-17(3,4)5)19-11-15-7-6-14(9-18)22-15/h6-7,12-13,19H,8,10-11H2,1-5H3,(H,20,21). The summed E-state index contributed by atoms with van der Waals surface area (Å²) >= 11 is 0. The summed E-state index contributed by atoms with van der Waals surface area (Å²) < 4.78 is 10.6. The third-order valence-electron chi connectivity index (χ3n) is 2.98. The number of hydrogen-bond donors (Lipinski definition) is 2. The van der Waals surface area contributed by atoms with Crippen molar-refractivity contribution in [2.75, 3.05) is 6.54 Å². The summed E-state index contributed by atoms with van der Waals surface area (Å²) in [6.45, 7) is 10.7. The summed E-state index contributed by atoms with van der Waals surface area (Å²) in [5.74, 6) is 1.49. The summed E-state index contributed by atoms with van der Waals surface area (Å²) in [6.07, 6.45) is 0.486. The fourth-order valence-electron chi connectivity index (χ4n) is 2.11. The van der Waals surface area contributed by atoms with Crippen molar-refractivity contribution in [2.24, 2.45) is 5.92 Å². The Balaban J connectivity index is 2.49. The lowest BCUT2D eigenvalue weighted by Gasteiger charge is -2.23. The van der Waals surface area contributed by atoms with E-state index >= 15 is 0 Å². The molecule has 23 heavy (non-hydrogen) atoms.